The van der Waals surface area contributed by atoms with Crippen molar-refractivity contribution in [1.82, 2.24) is 0 Å². The Morgan fingerprint density at radius 2 is 2.17 bits per heavy atom. The van der Waals surface area contributed by atoms with Crippen LogP contribution in [0.15, 0.2) is 0 Å². The van der Waals surface area contributed by atoms with Gasteiger partial charge in [0.15, 0.2) is 0 Å². The van der Waals surface area contributed by atoms with Crippen molar-refractivity contribution in [2.75, 3.05) is 5.75 Å². The molecule has 2 atom stereocenters. The fourth-order valence-corrected chi connectivity index (χ4v) is 2.42. The molecule has 0 N–H and O–H groups in total. The third-order valence-corrected chi connectivity index (χ3v) is 3.54. The maximum atomic E-state index is 2.16. The summed E-state index contributed by atoms with van der Waals surface area (Å²) < 4.78 is 0. The van der Waals surface area contributed by atoms with Gasteiger partial charge in [-0.2, -0.15) is 11.8 Å². The van der Waals surface area contributed by atoms with Gasteiger partial charge < -0.3 is 0 Å². The van der Waals surface area contributed by atoms with Gasteiger partial charge in [0, 0.05) is 5.25 Å². The van der Waals surface area contributed by atoms with Gasteiger partial charge in [-0.3, -0.25) is 0 Å². The zero-order valence-corrected chi connectivity index (χ0v) is 4.50. The molecule has 1 aliphatic heterocycles. The Morgan fingerprint density at radius 1 is 1.33 bits per heavy atom. The molecule has 1 aliphatic carbocycles. The number of hydrogen-bond donors (Lipinski definition) is 0. The van der Waals surface area contributed by atoms with Crippen LogP contribution in [0.1, 0.15) is 12.8 Å². The molecule has 2 rings (SSSR count). The van der Waals surface area contributed by atoms with Crippen LogP contribution in [0.2, 0.25) is 0 Å². The van der Waals surface area contributed by atoms with Crippen LogP contribution in [0.25, 0.3) is 0 Å². The van der Waals surface area contributed by atoms with Crippen molar-refractivity contribution in [2.45, 2.75) is 18.1 Å². The quantitative estimate of drug-likeness (QED) is 0.444. The first kappa shape index (κ1) is 3.36. The van der Waals surface area contributed by atoms with E-state index in [0.717, 1.165) is 5.25 Å². The second kappa shape index (κ2) is 0.945. The second-order valence-corrected chi connectivity index (χ2v) is 3.48. The summed E-state index contributed by atoms with van der Waals surface area (Å²) in [5.74, 6) is 2.65. The predicted octanol–water partition coefficient (Wildman–Crippen LogP) is 1.51. The van der Waals surface area contributed by atoms with Crippen LogP contribution >= 0.6 is 11.8 Å². The van der Waals surface area contributed by atoms with Gasteiger partial charge in [-0.1, -0.05) is 0 Å². The van der Waals surface area contributed by atoms with E-state index in [0.29, 0.717) is 0 Å². The van der Waals surface area contributed by atoms with E-state index in [4.69, 9.17) is 0 Å². The predicted molar refractivity (Wildman–Crippen MR) is 29.0 cm³/mol. The van der Waals surface area contributed by atoms with Gasteiger partial charge in [-0.15, -0.1) is 0 Å². The molecule has 1 saturated carbocycles. The fourth-order valence-electron chi connectivity index (χ4n) is 1.07. The first-order valence-corrected chi connectivity index (χ1v) is 3.63. The Bertz CT molecular complexity index is 52.3. The van der Waals surface area contributed by atoms with Crippen molar-refractivity contribution in [2.24, 2.45) is 5.92 Å². The third-order valence-electron chi connectivity index (χ3n) is 1.87. The lowest BCUT2D eigenvalue weighted by Gasteiger charge is -2.45. The molecule has 0 bridgehead atoms. The first-order chi connectivity index (χ1) is 2.97. The van der Waals surface area contributed by atoms with E-state index in [1.807, 2.05) is 0 Å². The molecule has 1 heteroatoms. The minimum atomic E-state index is 1.13. The summed E-state index contributed by atoms with van der Waals surface area (Å²) in [6, 6.07) is 0. The minimum Gasteiger partial charge on any atom is -0.158 e. The second-order valence-electron chi connectivity index (χ2n) is 2.21. The summed E-state index contributed by atoms with van der Waals surface area (Å²) in [5.41, 5.74) is 0. The minimum absolute atomic E-state index is 1.13. The zero-order valence-electron chi connectivity index (χ0n) is 3.68. The van der Waals surface area contributed by atoms with E-state index in [1.165, 1.54) is 24.5 Å². The summed E-state index contributed by atoms with van der Waals surface area (Å²) >= 11 is 2.16. The molecule has 2 unspecified atom stereocenters. The van der Waals surface area contributed by atoms with E-state index >= 15 is 0 Å². The van der Waals surface area contributed by atoms with E-state index < -0.39 is 0 Å². The summed E-state index contributed by atoms with van der Waals surface area (Å²) in [6.07, 6.45) is 3.06. The average molecular weight is 100 g/mol. The van der Waals surface area contributed by atoms with Gasteiger partial charge in [0.1, 0.15) is 0 Å². The molecule has 0 aromatic carbocycles. The molecule has 0 nitrogen and oxygen atoms in total. The molecule has 2 aliphatic rings. The smallest absolute Gasteiger partial charge is 0.00834 e. The summed E-state index contributed by atoms with van der Waals surface area (Å²) in [4.78, 5) is 0. The molecule has 1 heterocycles. The first-order valence-electron chi connectivity index (χ1n) is 2.58. The van der Waals surface area contributed by atoms with Crippen LogP contribution in [0.4, 0.5) is 0 Å². The maximum absolute atomic E-state index is 2.16. The van der Waals surface area contributed by atoms with Gasteiger partial charge >= 0.3 is 0 Å². The van der Waals surface area contributed by atoms with Gasteiger partial charge in [0.2, 0.25) is 0 Å². The van der Waals surface area contributed by atoms with Crippen LogP contribution < -0.4 is 0 Å². The molecule has 0 radical (unpaired) electrons. The van der Waals surface area contributed by atoms with Crippen LogP contribution in [0, 0.1) is 5.92 Å². The Morgan fingerprint density at radius 3 is 2.17 bits per heavy atom. The topological polar surface area (TPSA) is 0 Å². The fraction of sp³-hybridized carbons (Fsp3) is 1.00. The largest absolute Gasteiger partial charge is 0.158 e. The number of hydrogen-bond acceptors (Lipinski definition) is 1. The van der Waals surface area contributed by atoms with Crippen molar-refractivity contribution >= 4 is 11.8 Å². The average Bonchev–Trinajstić information content (AvgIpc) is 1.54. The van der Waals surface area contributed by atoms with E-state index in [2.05, 4.69) is 11.8 Å². The molecule has 34 valence electrons. The van der Waals surface area contributed by atoms with Crippen molar-refractivity contribution in [3.05, 3.63) is 0 Å². The van der Waals surface area contributed by atoms with E-state index in [9.17, 15) is 0 Å². The molecule has 0 amide bonds. The Labute approximate surface area is 42.3 Å². The van der Waals surface area contributed by atoms with Crippen LogP contribution in [0.3, 0.4) is 0 Å². The third kappa shape index (κ3) is 0.237. The highest BCUT2D eigenvalue weighted by Gasteiger charge is 2.38. The van der Waals surface area contributed by atoms with Crippen LogP contribution in [-0.2, 0) is 0 Å². The molecular formula is C5H8S. The van der Waals surface area contributed by atoms with Crippen LogP contribution in [0.5, 0.6) is 0 Å². The number of fused-ring (bicyclic) bond motifs is 1. The molecule has 2 fully saturated rings. The lowest BCUT2D eigenvalue weighted by atomic mass is 9.85. The lowest BCUT2D eigenvalue weighted by Crippen LogP contribution is -2.39. The van der Waals surface area contributed by atoms with Gasteiger partial charge in [-0.25, -0.2) is 0 Å². The monoisotopic (exact) mass is 100 g/mol. The molecule has 0 aromatic rings. The standard InChI is InChI=1S/C5H8S/c1-2-5-4(1)3-6-5/h4-5H,1-3H2. The normalized spacial score (nSPS) is 52.0. The lowest BCUT2D eigenvalue weighted by molar-refractivity contribution is 0.339. The van der Waals surface area contributed by atoms with Crippen molar-refractivity contribution in [1.29, 1.82) is 0 Å². The Hall–Kier alpha value is 0.350. The van der Waals surface area contributed by atoms with E-state index in [-0.39, 0.29) is 0 Å². The highest BCUT2D eigenvalue weighted by molar-refractivity contribution is 8.01. The summed E-state index contributed by atoms with van der Waals surface area (Å²) in [7, 11) is 0. The van der Waals surface area contributed by atoms with Crippen molar-refractivity contribution in [3.8, 4) is 0 Å². The SMILES string of the molecule is C1CC2SCC12. The highest BCUT2D eigenvalue weighted by Crippen LogP contribution is 2.48. The Kier molecular flexibility index (Phi) is 0.530. The molecule has 0 spiro atoms. The van der Waals surface area contributed by atoms with Crippen molar-refractivity contribution in [3.63, 3.8) is 0 Å². The number of rotatable bonds is 0. The van der Waals surface area contributed by atoms with Crippen molar-refractivity contribution < 1.29 is 0 Å². The summed E-state index contributed by atoms with van der Waals surface area (Å²) in [5, 5.41) is 1.13. The van der Waals surface area contributed by atoms with Crippen LogP contribution in [-0.4, -0.2) is 11.0 Å². The molecule has 6 heavy (non-hydrogen) atoms. The van der Waals surface area contributed by atoms with Gasteiger partial charge in [0.25, 0.3) is 0 Å². The summed E-state index contributed by atoms with van der Waals surface area (Å²) in [6.45, 7) is 0. The molecular weight excluding hydrogens is 92.1 g/mol. The molecule has 0 aromatic heterocycles. The Balaban J connectivity index is 2.03. The zero-order chi connectivity index (χ0) is 3.98. The number of thioether (sulfide) groups is 1. The van der Waals surface area contributed by atoms with Gasteiger partial charge in [0.05, 0.1) is 0 Å². The highest BCUT2D eigenvalue weighted by atomic mass is 32.2. The maximum Gasteiger partial charge on any atom is 0.00834 e. The van der Waals surface area contributed by atoms with Gasteiger partial charge in [-0.05, 0) is 24.5 Å². The van der Waals surface area contributed by atoms with E-state index in [1.54, 1.807) is 0 Å². The molecule has 1 saturated heterocycles.